The number of benzene rings is 1. The summed E-state index contributed by atoms with van der Waals surface area (Å²) in [7, 11) is 0. The maximum atomic E-state index is 13.7. The van der Waals surface area contributed by atoms with Crippen LogP contribution in [-0.2, 0) is 5.92 Å². The molecule has 0 bridgehead atoms. The average molecular weight is 311 g/mol. The van der Waals surface area contributed by atoms with Crippen LogP contribution in [0.2, 0.25) is 0 Å². The Labute approximate surface area is 105 Å². The minimum absolute atomic E-state index is 0.00159. The van der Waals surface area contributed by atoms with E-state index in [1.807, 2.05) is 0 Å². The van der Waals surface area contributed by atoms with Crippen LogP contribution in [0, 0.1) is 12.7 Å². The van der Waals surface area contributed by atoms with E-state index in [1.165, 1.54) is 6.92 Å². The molecular formula is C12H11BrF4. The zero-order valence-corrected chi connectivity index (χ0v) is 10.7. The maximum absolute atomic E-state index is 13.7. The van der Waals surface area contributed by atoms with Crippen LogP contribution in [0.25, 0.3) is 0 Å². The third-order valence-corrected chi connectivity index (χ3v) is 3.44. The van der Waals surface area contributed by atoms with E-state index in [4.69, 9.17) is 0 Å². The molecule has 0 aromatic heterocycles. The van der Waals surface area contributed by atoms with Crippen molar-refractivity contribution >= 4 is 15.9 Å². The molecule has 0 saturated heterocycles. The summed E-state index contributed by atoms with van der Waals surface area (Å²) in [6, 6.07) is 1.80. The van der Waals surface area contributed by atoms with E-state index in [-0.39, 0.29) is 10.0 Å². The van der Waals surface area contributed by atoms with E-state index < -0.39 is 29.9 Å². The van der Waals surface area contributed by atoms with Crippen LogP contribution in [0.3, 0.4) is 0 Å². The number of allylic oxidation sites excluding steroid dienone is 1. The Kier molecular flexibility index (Phi) is 4.36. The lowest BCUT2D eigenvalue weighted by Crippen LogP contribution is -2.28. The highest BCUT2D eigenvalue weighted by molar-refractivity contribution is 9.10. The van der Waals surface area contributed by atoms with Crippen LogP contribution in [0.4, 0.5) is 17.6 Å². The summed E-state index contributed by atoms with van der Waals surface area (Å²) in [6.07, 6.45) is -1.73. The van der Waals surface area contributed by atoms with E-state index in [2.05, 4.69) is 22.5 Å². The molecule has 17 heavy (non-hydrogen) atoms. The molecule has 1 unspecified atom stereocenters. The van der Waals surface area contributed by atoms with E-state index >= 15 is 0 Å². The number of hydrogen-bond donors (Lipinski definition) is 0. The highest BCUT2D eigenvalue weighted by atomic mass is 79.9. The van der Waals surface area contributed by atoms with Gasteiger partial charge in [-0.15, -0.1) is 6.58 Å². The smallest absolute Gasteiger partial charge is 0.240 e. The number of alkyl halides is 3. The average Bonchev–Trinajstić information content (AvgIpc) is 2.26. The van der Waals surface area contributed by atoms with Gasteiger partial charge in [0.05, 0.1) is 4.47 Å². The van der Waals surface area contributed by atoms with Gasteiger partial charge < -0.3 is 0 Å². The van der Waals surface area contributed by atoms with Gasteiger partial charge in [0.25, 0.3) is 0 Å². The zero-order chi connectivity index (χ0) is 13.2. The summed E-state index contributed by atoms with van der Waals surface area (Å²) in [5, 5.41) is 0. The van der Waals surface area contributed by atoms with Gasteiger partial charge in [-0.05, 0) is 40.5 Å². The number of rotatable bonds is 4. The summed E-state index contributed by atoms with van der Waals surface area (Å²) in [5.74, 6) is -4.31. The van der Waals surface area contributed by atoms with Gasteiger partial charge in [0.1, 0.15) is 5.82 Å². The molecule has 5 heteroatoms. The van der Waals surface area contributed by atoms with Crippen molar-refractivity contribution in [3.8, 4) is 0 Å². The van der Waals surface area contributed by atoms with Crippen LogP contribution >= 0.6 is 15.9 Å². The summed E-state index contributed by atoms with van der Waals surface area (Å²) in [4.78, 5) is 0. The molecule has 0 spiro atoms. The van der Waals surface area contributed by atoms with Crippen molar-refractivity contribution in [2.75, 3.05) is 0 Å². The van der Waals surface area contributed by atoms with Crippen LogP contribution in [0.15, 0.2) is 29.3 Å². The van der Waals surface area contributed by atoms with Crippen molar-refractivity contribution in [1.82, 2.24) is 0 Å². The molecule has 0 heterocycles. The van der Waals surface area contributed by atoms with Crippen LogP contribution < -0.4 is 0 Å². The highest BCUT2D eigenvalue weighted by Crippen LogP contribution is 2.39. The fraction of sp³-hybridized carbons (Fsp3) is 0.333. The van der Waals surface area contributed by atoms with Gasteiger partial charge in [0, 0.05) is 12.0 Å². The highest BCUT2D eigenvalue weighted by Gasteiger charge is 2.42. The monoisotopic (exact) mass is 310 g/mol. The van der Waals surface area contributed by atoms with Crippen molar-refractivity contribution in [3.63, 3.8) is 0 Å². The quantitative estimate of drug-likeness (QED) is 0.548. The SMILES string of the molecule is C=CCC(F)C(F)(F)c1ccc(F)c(Br)c1C. The summed E-state index contributed by atoms with van der Waals surface area (Å²) >= 11 is 2.86. The Morgan fingerprint density at radius 3 is 2.59 bits per heavy atom. The van der Waals surface area contributed by atoms with Crippen molar-refractivity contribution in [2.45, 2.75) is 25.4 Å². The number of hydrogen-bond acceptors (Lipinski definition) is 0. The summed E-state index contributed by atoms with van der Waals surface area (Å²) in [6.45, 7) is 4.54. The van der Waals surface area contributed by atoms with Gasteiger partial charge in [0.15, 0.2) is 6.17 Å². The molecule has 0 saturated carbocycles. The molecule has 94 valence electrons. The van der Waals surface area contributed by atoms with Gasteiger partial charge in [-0.2, -0.15) is 8.78 Å². The topological polar surface area (TPSA) is 0 Å². The van der Waals surface area contributed by atoms with Crippen molar-refractivity contribution in [1.29, 1.82) is 0 Å². The maximum Gasteiger partial charge on any atom is 0.304 e. The Bertz CT molecular complexity index is 429. The summed E-state index contributed by atoms with van der Waals surface area (Å²) in [5.41, 5.74) is -0.512. The van der Waals surface area contributed by atoms with Crippen LogP contribution in [-0.4, -0.2) is 6.17 Å². The Morgan fingerprint density at radius 1 is 1.47 bits per heavy atom. The van der Waals surface area contributed by atoms with Gasteiger partial charge in [0.2, 0.25) is 0 Å². The molecule has 0 nitrogen and oxygen atoms in total. The first-order valence-corrected chi connectivity index (χ1v) is 5.69. The minimum atomic E-state index is -3.66. The van der Waals surface area contributed by atoms with E-state index in [1.54, 1.807) is 0 Å². The van der Waals surface area contributed by atoms with Crippen molar-refractivity contribution in [2.24, 2.45) is 0 Å². The molecule has 0 aliphatic rings. The van der Waals surface area contributed by atoms with Crippen LogP contribution in [0.5, 0.6) is 0 Å². The normalized spacial score (nSPS) is 13.5. The van der Waals surface area contributed by atoms with Crippen LogP contribution in [0.1, 0.15) is 17.5 Å². The fourth-order valence-corrected chi connectivity index (χ4v) is 1.82. The van der Waals surface area contributed by atoms with E-state index in [9.17, 15) is 17.6 Å². The minimum Gasteiger partial charge on any atom is -0.240 e. The van der Waals surface area contributed by atoms with Gasteiger partial charge in [-0.25, -0.2) is 8.78 Å². The Balaban J connectivity index is 3.23. The molecule has 1 atom stereocenters. The molecule has 0 fully saturated rings. The Morgan fingerprint density at radius 2 is 2.06 bits per heavy atom. The molecule has 1 rings (SSSR count). The first-order chi connectivity index (χ1) is 7.82. The lowest BCUT2D eigenvalue weighted by molar-refractivity contribution is -0.0779. The third-order valence-electron chi connectivity index (χ3n) is 2.47. The van der Waals surface area contributed by atoms with Gasteiger partial charge in [-0.1, -0.05) is 6.08 Å². The van der Waals surface area contributed by atoms with Crippen molar-refractivity contribution in [3.05, 3.63) is 46.2 Å². The fourth-order valence-electron chi connectivity index (χ4n) is 1.48. The Hall–Kier alpha value is -0.840. The third kappa shape index (κ3) is 2.70. The first-order valence-electron chi connectivity index (χ1n) is 4.90. The molecule has 0 radical (unpaired) electrons. The first kappa shape index (κ1) is 14.2. The standard InChI is InChI=1S/C12H11BrF4/c1-3-4-10(15)12(16,17)8-5-6-9(14)11(13)7(8)2/h3,5-6,10H,1,4H2,2H3. The summed E-state index contributed by atoms with van der Waals surface area (Å²) < 4.78 is 53.9. The largest absolute Gasteiger partial charge is 0.304 e. The lowest BCUT2D eigenvalue weighted by atomic mass is 9.97. The molecule has 1 aromatic rings. The molecule has 0 aliphatic heterocycles. The van der Waals surface area contributed by atoms with E-state index in [0.717, 1.165) is 18.2 Å². The molecule has 1 aromatic carbocycles. The molecule has 0 N–H and O–H groups in total. The second-order valence-corrected chi connectivity index (χ2v) is 4.44. The zero-order valence-electron chi connectivity index (χ0n) is 9.11. The second kappa shape index (κ2) is 5.21. The molecule has 0 aliphatic carbocycles. The van der Waals surface area contributed by atoms with Gasteiger partial charge in [-0.3, -0.25) is 0 Å². The van der Waals surface area contributed by atoms with Crippen molar-refractivity contribution < 1.29 is 17.6 Å². The molecule has 0 amide bonds. The lowest BCUT2D eigenvalue weighted by Gasteiger charge is -2.22. The predicted molar refractivity (Wildman–Crippen MR) is 62.4 cm³/mol. The second-order valence-electron chi connectivity index (χ2n) is 3.65. The molecular weight excluding hydrogens is 300 g/mol. The number of halogens is 5. The van der Waals surface area contributed by atoms with E-state index in [0.29, 0.717) is 0 Å². The predicted octanol–water partition coefficient (Wildman–Crippen LogP) is 4.90. The van der Waals surface area contributed by atoms with Gasteiger partial charge >= 0.3 is 5.92 Å².